The van der Waals surface area contributed by atoms with Gasteiger partial charge >= 0.3 is 0 Å². The zero-order chi connectivity index (χ0) is 15.1. The lowest BCUT2D eigenvalue weighted by Gasteiger charge is -2.07. The fourth-order valence-corrected chi connectivity index (χ4v) is 2.01. The van der Waals surface area contributed by atoms with Crippen molar-refractivity contribution in [2.24, 2.45) is 5.10 Å². The number of hydrogen-bond acceptors (Lipinski definition) is 4. The van der Waals surface area contributed by atoms with Gasteiger partial charge in [-0.1, -0.05) is 15.9 Å². The van der Waals surface area contributed by atoms with E-state index in [0.717, 1.165) is 10.0 Å². The average Bonchev–Trinajstić information content (AvgIpc) is 2.51. The standard InChI is InChI=1S/C15H14BrN3O2/c1-2-21-14-4-3-13(16)9-12(14)10-18-19-15(20)11-5-7-17-8-6-11/h3-10H,2H2,1H3,(H,19,20). The van der Waals surface area contributed by atoms with Crippen LogP contribution in [0.15, 0.2) is 52.3 Å². The number of nitrogens with zero attached hydrogens (tertiary/aromatic N) is 2. The Balaban J connectivity index is 2.07. The Morgan fingerprint density at radius 1 is 1.38 bits per heavy atom. The van der Waals surface area contributed by atoms with Gasteiger partial charge in [-0.05, 0) is 37.3 Å². The van der Waals surface area contributed by atoms with Crippen LogP contribution in [0.25, 0.3) is 0 Å². The van der Waals surface area contributed by atoms with E-state index in [1.54, 1.807) is 30.7 Å². The number of pyridine rings is 1. The molecule has 0 aliphatic rings. The number of hydrazone groups is 1. The van der Waals surface area contributed by atoms with Crippen LogP contribution in [0.3, 0.4) is 0 Å². The summed E-state index contributed by atoms with van der Waals surface area (Å²) in [5, 5.41) is 3.96. The fourth-order valence-electron chi connectivity index (χ4n) is 1.64. The fraction of sp³-hybridized carbons (Fsp3) is 0.133. The maximum atomic E-state index is 11.8. The smallest absolute Gasteiger partial charge is 0.271 e. The van der Waals surface area contributed by atoms with E-state index in [0.29, 0.717) is 17.9 Å². The predicted octanol–water partition coefficient (Wildman–Crippen LogP) is 3.01. The number of nitrogens with one attached hydrogen (secondary N) is 1. The Kier molecular flexibility index (Phi) is 5.45. The Bertz CT molecular complexity index is 645. The van der Waals surface area contributed by atoms with Crippen LogP contribution in [0.2, 0.25) is 0 Å². The molecule has 2 rings (SSSR count). The number of benzene rings is 1. The van der Waals surface area contributed by atoms with E-state index in [-0.39, 0.29) is 5.91 Å². The van der Waals surface area contributed by atoms with Gasteiger partial charge in [-0.2, -0.15) is 5.10 Å². The largest absolute Gasteiger partial charge is 0.493 e. The summed E-state index contributed by atoms with van der Waals surface area (Å²) in [5.74, 6) is 0.421. The molecule has 0 bridgehead atoms. The van der Waals surface area contributed by atoms with Crippen molar-refractivity contribution in [1.82, 2.24) is 10.4 Å². The van der Waals surface area contributed by atoms with E-state index in [9.17, 15) is 4.79 Å². The molecule has 0 spiro atoms. The van der Waals surface area contributed by atoms with Crippen molar-refractivity contribution in [2.75, 3.05) is 6.61 Å². The highest BCUT2D eigenvalue weighted by atomic mass is 79.9. The lowest BCUT2D eigenvalue weighted by Crippen LogP contribution is -2.17. The summed E-state index contributed by atoms with van der Waals surface area (Å²) in [7, 11) is 0. The van der Waals surface area contributed by atoms with Crippen LogP contribution in [0.1, 0.15) is 22.8 Å². The van der Waals surface area contributed by atoms with Crippen molar-refractivity contribution in [3.05, 3.63) is 58.3 Å². The molecule has 1 N–H and O–H groups in total. The molecule has 0 radical (unpaired) electrons. The maximum Gasteiger partial charge on any atom is 0.271 e. The van der Waals surface area contributed by atoms with Crippen LogP contribution in [0, 0.1) is 0 Å². The summed E-state index contributed by atoms with van der Waals surface area (Å²) in [5.41, 5.74) is 3.75. The van der Waals surface area contributed by atoms with E-state index in [2.05, 4.69) is 31.4 Å². The Morgan fingerprint density at radius 3 is 2.86 bits per heavy atom. The first kappa shape index (κ1) is 15.2. The van der Waals surface area contributed by atoms with Crippen LogP contribution in [-0.4, -0.2) is 23.7 Å². The number of aromatic nitrogens is 1. The second-order valence-corrected chi connectivity index (χ2v) is 4.97. The minimum atomic E-state index is -0.290. The number of carbonyl (C=O) groups excluding carboxylic acids is 1. The molecule has 2 aromatic rings. The summed E-state index contributed by atoms with van der Waals surface area (Å²) in [6, 6.07) is 8.84. The predicted molar refractivity (Wildman–Crippen MR) is 84.6 cm³/mol. The quantitative estimate of drug-likeness (QED) is 0.667. The summed E-state index contributed by atoms with van der Waals surface area (Å²) in [6.45, 7) is 2.47. The van der Waals surface area contributed by atoms with Crippen molar-refractivity contribution in [1.29, 1.82) is 0 Å². The van der Waals surface area contributed by atoms with E-state index in [4.69, 9.17) is 4.74 Å². The first-order valence-electron chi connectivity index (χ1n) is 6.36. The van der Waals surface area contributed by atoms with Gasteiger partial charge in [0.1, 0.15) is 5.75 Å². The highest BCUT2D eigenvalue weighted by Gasteiger charge is 2.04. The number of hydrogen-bond donors (Lipinski definition) is 1. The van der Waals surface area contributed by atoms with Crippen LogP contribution >= 0.6 is 15.9 Å². The minimum Gasteiger partial charge on any atom is -0.493 e. The first-order valence-corrected chi connectivity index (χ1v) is 7.15. The molecule has 1 aromatic heterocycles. The molecule has 0 saturated carbocycles. The highest BCUT2D eigenvalue weighted by molar-refractivity contribution is 9.10. The molecule has 0 atom stereocenters. The molecule has 0 saturated heterocycles. The summed E-state index contributed by atoms with van der Waals surface area (Å²) in [6.07, 6.45) is 4.66. The third kappa shape index (κ3) is 4.39. The molecule has 1 aromatic carbocycles. The van der Waals surface area contributed by atoms with Gasteiger partial charge in [0.05, 0.1) is 12.8 Å². The SMILES string of the molecule is CCOc1ccc(Br)cc1C=NNC(=O)c1ccncc1. The van der Waals surface area contributed by atoms with Gasteiger partial charge in [0.15, 0.2) is 0 Å². The van der Waals surface area contributed by atoms with Gasteiger partial charge in [-0.3, -0.25) is 9.78 Å². The van der Waals surface area contributed by atoms with E-state index in [1.807, 2.05) is 25.1 Å². The van der Waals surface area contributed by atoms with Gasteiger partial charge in [0, 0.05) is 28.0 Å². The molecule has 6 heteroatoms. The molecule has 0 aliphatic heterocycles. The maximum absolute atomic E-state index is 11.8. The van der Waals surface area contributed by atoms with Crippen molar-refractivity contribution < 1.29 is 9.53 Å². The monoisotopic (exact) mass is 347 g/mol. The van der Waals surface area contributed by atoms with Crippen molar-refractivity contribution in [3.8, 4) is 5.75 Å². The number of carbonyl (C=O) groups is 1. The van der Waals surface area contributed by atoms with Gasteiger partial charge in [0.25, 0.3) is 5.91 Å². The molecular weight excluding hydrogens is 334 g/mol. The van der Waals surface area contributed by atoms with Crippen molar-refractivity contribution >= 4 is 28.1 Å². The molecular formula is C15H14BrN3O2. The summed E-state index contributed by atoms with van der Waals surface area (Å²) < 4.78 is 6.41. The van der Waals surface area contributed by atoms with Crippen molar-refractivity contribution in [2.45, 2.75) is 6.92 Å². The molecule has 0 aliphatic carbocycles. The number of amides is 1. The Morgan fingerprint density at radius 2 is 2.14 bits per heavy atom. The van der Waals surface area contributed by atoms with Gasteiger partial charge in [0.2, 0.25) is 0 Å². The lowest BCUT2D eigenvalue weighted by molar-refractivity contribution is 0.0955. The van der Waals surface area contributed by atoms with Crippen molar-refractivity contribution in [3.63, 3.8) is 0 Å². The summed E-state index contributed by atoms with van der Waals surface area (Å²) in [4.78, 5) is 15.7. The zero-order valence-corrected chi connectivity index (χ0v) is 13.0. The molecule has 0 unspecified atom stereocenters. The average molecular weight is 348 g/mol. The topological polar surface area (TPSA) is 63.6 Å². The Hall–Kier alpha value is -2.21. The second kappa shape index (κ2) is 7.54. The lowest BCUT2D eigenvalue weighted by atomic mass is 10.2. The van der Waals surface area contributed by atoms with Gasteiger partial charge in [-0.15, -0.1) is 0 Å². The third-order valence-corrected chi connectivity index (χ3v) is 3.08. The zero-order valence-electron chi connectivity index (χ0n) is 11.4. The summed E-state index contributed by atoms with van der Waals surface area (Å²) >= 11 is 3.39. The number of ether oxygens (including phenoxy) is 1. The Labute approximate surface area is 131 Å². The van der Waals surface area contributed by atoms with Gasteiger partial charge < -0.3 is 4.74 Å². The van der Waals surface area contributed by atoms with E-state index < -0.39 is 0 Å². The molecule has 21 heavy (non-hydrogen) atoms. The molecule has 108 valence electrons. The highest BCUT2D eigenvalue weighted by Crippen LogP contribution is 2.21. The van der Waals surface area contributed by atoms with E-state index in [1.165, 1.54) is 0 Å². The first-order chi connectivity index (χ1) is 10.2. The van der Waals surface area contributed by atoms with Crippen LogP contribution < -0.4 is 10.2 Å². The van der Waals surface area contributed by atoms with E-state index >= 15 is 0 Å². The number of rotatable bonds is 5. The third-order valence-electron chi connectivity index (χ3n) is 2.58. The van der Waals surface area contributed by atoms with Crippen LogP contribution in [-0.2, 0) is 0 Å². The number of halogens is 1. The normalized spacial score (nSPS) is 10.6. The molecule has 0 fully saturated rings. The molecule has 5 nitrogen and oxygen atoms in total. The molecule has 1 heterocycles. The van der Waals surface area contributed by atoms with Gasteiger partial charge in [-0.25, -0.2) is 5.43 Å². The molecule has 1 amide bonds. The second-order valence-electron chi connectivity index (χ2n) is 4.05. The minimum absolute atomic E-state index is 0.290. The van der Waals surface area contributed by atoms with Crippen LogP contribution in [0.5, 0.6) is 5.75 Å². The van der Waals surface area contributed by atoms with Crippen LogP contribution in [0.4, 0.5) is 0 Å².